The molecule has 7 nitrogen and oxygen atoms in total. The largest absolute Gasteiger partial charge is 0.353 e. The van der Waals surface area contributed by atoms with Gasteiger partial charge in [0, 0.05) is 49.5 Å². The molecule has 0 atom stereocenters. The Bertz CT molecular complexity index is 1080. The van der Waals surface area contributed by atoms with Crippen molar-refractivity contribution >= 4 is 29.0 Å². The molecule has 1 saturated heterocycles. The van der Waals surface area contributed by atoms with Crippen molar-refractivity contribution in [3.8, 4) is 0 Å². The van der Waals surface area contributed by atoms with Crippen molar-refractivity contribution < 1.29 is 4.79 Å². The number of rotatable bonds is 6. The van der Waals surface area contributed by atoms with Crippen LogP contribution in [0, 0.1) is 0 Å². The molecule has 4 rings (SSSR count). The standard InChI is InChI=1S/C23H24ClN5O2/c24-19-6-8-20(9-7-19)25-22(30)17-29-23(31)11-10-21(26-29)28-14-12-27(13-15-28)16-18-4-2-1-3-5-18/h1-11H,12-17H2,(H,25,30). The summed E-state index contributed by atoms with van der Waals surface area (Å²) in [6, 6.07) is 20.4. The van der Waals surface area contributed by atoms with Crippen LogP contribution in [0.3, 0.4) is 0 Å². The van der Waals surface area contributed by atoms with Crippen LogP contribution in [-0.2, 0) is 17.9 Å². The van der Waals surface area contributed by atoms with E-state index < -0.39 is 0 Å². The molecule has 0 saturated carbocycles. The summed E-state index contributed by atoms with van der Waals surface area (Å²) in [5, 5.41) is 7.78. The van der Waals surface area contributed by atoms with Gasteiger partial charge in [-0.3, -0.25) is 14.5 Å². The van der Waals surface area contributed by atoms with Gasteiger partial charge < -0.3 is 10.2 Å². The summed E-state index contributed by atoms with van der Waals surface area (Å²) in [4.78, 5) is 29.1. The molecule has 0 radical (unpaired) electrons. The van der Waals surface area contributed by atoms with E-state index in [1.165, 1.54) is 16.3 Å². The molecule has 1 aliphatic rings. The maximum atomic E-state index is 12.4. The summed E-state index contributed by atoms with van der Waals surface area (Å²) in [5.41, 5.74) is 1.61. The minimum absolute atomic E-state index is 0.150. The van der Waals surface area contributed by atoms with Crippen molar-refractivity contribution in [1.29, 1.82) is 0 Å². The number of nitrogens with zero attached hydrogens (tertiary/aromatic N) is 4. The third kappa shape index (κ3) is 5.71. The topological polar surface area (TPSA) is 70.5 Å². The number of hydrogen-bond donors (Lipinski definition) is 1. The minimum atomic E-state index is -0.318. The molecule has 2 heterocycles. The normalized spacial score (nSPS) is 14.4. The first kappa shape index (κ1) is 21.1. The number of anilines is 2. The van der Waals surface area contributed by atoms with E-state index in [2.05, 4.69) is 44.5 Å². The summed E-state index contributed by atoms with van der Waals surface area (Å²) in [5.74, 6) is 0.389. The van der Waals surface area contributed by atoms with E-state index >= 15 is 0 Å². The third-order valence-electron chi connectivity index (χ3n) is 5.22. The van der Waals surface area contributed by atoms with Crippen molar-refractivity contribution in [2.24, 2.45) is 0 Å². The predicted octanol–water partition coefficient (Wildman–Crippen LogP) is 2.86. The average molecular weight is 438 g/mol. The highest BCUT2D eigenvalue weighted by Crippen LogP contribution is 2.15. The van der Waals surface area contributed by atoms with E-state index in [0.717, 1.165) is 32.7 Å². The van der Waals surface area contributed by atoms with Crippen LogP contribution >= 0.6 is 11.6 Å². The van der Waals surface area contributed by atoms with Gasteiger partial charge in [-0.05, 0) is 35.9 Å². The van der Waals surface area contributed by atoms with Crippen molar-refractivity contribution in [1.82, 2.24) is 14.7 Å². The molecule has 0 aliphatic carbocycles. The first-order valence-electron chi connectivity index (χ1n) is 10.2. The first-order chi connectivity index (χ1) is 15.1. The highest BCUT2D eigenvalue weighted by atomic mass is 35.5. The molecule has 2 aromatic carbocycles. The van der Waals surface area contributed by atoms with Gasteiger partial charge in [0.05, 0.1) is 0 Å². The molecule has 0 bridgehead atoms. The summed E-state index contributed by atoms with van der Waals surface area (Å²) in [6.45, 7) is 4.22. The van der Waals surface area contributed by atoms with Crippen molar-refractivity contribution in [3.05, 3.63) is 87.7 Å². The number of amides is 1. The van der Waals surface area contributed by atoms with E-state index in [1.54, 1.807) is 30.3 Å². The van der Waals surface area contributed by atoms with Gasteiger partial charge in [0.1, 0.15) is 12.4 Å². The second kappa shape index (κ2) is 9.76. The number of halogens is 1. The van der Waals surface area contributed by atoms with Crippen molar-refractivity contribution in [2.45, 2.75) is 13.1 Å². The van der Waals surface area contributed by atoms with Crippen LogP contribution in [-0.4, -0.2) is 46.8 Å². The Labute approximate surface area is 185 Å². The molecular weight excluding hydrogens is 414 g/mol. The lowest BCUT2D eigenvalue weighted by Crippen LogP contribution is -2.46. The zero-order valence-corrected chi connectivity index (χ0v) is 17.8. The van der Waals surface area contributed by atoms with Crippen molar-refractivity contribution in [3.63, 3.8) is 0 Å². The fraction of sp³-hybridized carbons (Fsp3) is 0.261. The molecule has 160 valence electrons. The highest BCUT2D eigenvalue weighted by molar-refractivity contribution is 6.30. The molecule has 1 aromatic heterocycles. The molecule has 1 amide bonds. The number of carbonyl (C=O) groups excluding carboxylic acids is 1. The van der Waals surface area contributed by atoms with Gasteiger partial charge in [-0.2, -0.15) is 5.10 Å². The Morgan fingerprint density at radius 1 is 0.935 bits per heavy atom. The average Bonchev–Trinajstić information content (AvgIpc) is 2.78. The predicted molar refractivity (Wildman–Crippen MR) is 123 cm³/mol. The lowest BCUT2D eigenvalue weighted by atomic mass is 10.2. The molecule has 31 heavy (non-hydrogen) atoms. The van der Waals surface area contributed by atoms with Crippen LogP contribution in [0.4, 0.5) is 11.5 Å². The van der Waals surface area contributed by atoms with E-state index in [4.69, 9.17) is 11.6 Å². The van der Waals surface area contributed by atoms with Gasteiger partial charge in [-0.1, -0.05) is 41.9 Å². The lowest BCUT2D eigenvalue weighted by Gasteiger charge is -2.35. The fourth-order valence-corrected chi connectivity index (χ4v) is 3.69. The third-order valence-corrected chi connectivity index (χ3v) is 5.47. The fourth-order valence-electron chi connectivity index (χ4n) is 3.57. The van der Waals surface area contributed by atoms with Crippen LogP contribution in [0.25, 0.3) is 0 Å². The second-order valence-electron chi connectivity index (χ2n) is 7.49. The first-order valence-corrected chi connectivity index (χ1v) is 10.6. The molecule has 1 aliphatic heterocycles. The molecule has 1 N–H and O–H groups in total. The van der Waals surface area contributed by atoms with Crippen LogP contribution in [0.15, 0.2) is 71.5 Å². The van der Waals surface area contributed by atoms with E-state index in [0.29, 0.717) is 16.5 Å². The number of carbonyl (C=O) groups is 1. The van der Waals surface area contributed by atoms with Crippen LogP contribution in [0.5, 0.6) is 0 Å². The second-order valence-corrected chi connectivity index (χ2v) is 7.93. The summed E-state index contributed by atoms with van der Waals surface area (Å²) >= 11 is 5.86. The van der Waals surface area contributed by atoms with E-state index in [9.17, 15) is 9.59 Å². The van der Waals surface area contributed by atoms with Gasteiger partial charge in [0.2, 0.25) is 5.91 Å². The Kier molecular flexibility index (Phi) is 6.64. The smallest absolute Gasteiger partial charge is 0.267 e. The lowest BCUT2D eigenvalue weighted by molar-refractivity contribution is -0.117. The van der Waals surface area contributed by atoms with E-state index in [-0.39, 0.29) is 18.0 Å². The molecule has 3 aromatic rings. The maximum absolute atomic E-state index is 12.4. The molecule has 8 heteroatoms. The minimum Gasteiger partial charge on any atom is -0.353 e. The van der Waals surface area contributed by atoms with Crippen molar-refractivity contribution in [2.75, 3.05) is 36.4 Å². The van der Waals surface area contributed by atoms with Gasteiger partial charge in [-0.25, -0.2) is 4.68 Å². The number of piperazine rings is 1. The Morgan fingerprint density at radius 3 is 2.35 bits per heavy atom. The molecule has 0 spiro atoms. The van der Waals surface area contributed by atoms with Crippen LogP contribution < -0.4 is 15.8 Å². The SMILES string of the molecule is O=C(Cn1nc(N2CCN(Cc3ccccc3)CC2)ccc1=O)Nc1ccc(Cl)cc1. The molecular formula is C23H24ClN5O2. The number of hydrogen-bond acceptors (Lipinski definition) is 5. The van der Waals surface area contributed by atoms with Gasteiger partial charge in [0.15, 0.2) is 0 Å². The van der Waals surface area contributed by atoms with E-state index in [1.807, 2.05) is 6.07 Å². The maximum Gasteiger partial charge on any atom is 0.267 e. The Hall–Kier alpha value is -3.16. The number of aromatic nitrogens is 2. The van der Waals surface area contributed by atoms with Crippen LogP contribution in [0.1, 0.15) is 5.56 Å². The monoisotopic (exact) mass is 437 g/mol. The summed E-state index contributed by atoms with van der Waals surface area (Å²) in [6.07, 6.45) is 0. The number of nitrogens with one attached hydrogen (secondary N) is 1. The van der Waals surface area contributed by atoms with Gasteiger partial charge in [-0.15, -0.1) is 0 Å². The quantitative estimate of drug-likeness (QED) is 0.642. The highest BCUT2D eigenvalue weighted by Gasteiger charge is 2.19. The Morgan fingerprint density at radius 2 is 1.65 bits per heavy atom. The Balaban J connectivity index is 1.36. The van der Waals surface area contributed by atoms with Gasteiger partial charge >= 0.3 is 0 Å². The summed E-state index contributed by atoms with van der Waals surface area (Å²) < 4.78 is 1.21. The van der Waals surface area contributed by atoms with Gasteiger partial charge in [0.25, 0.3) is 5.56 Å². The van der Waals surface area contributed by atoms with Crippen LogP contribution in [0.2, 0.25) is 5.02 Å². The zero-order chi connectivity index (χ0) is 21.6. The summed E-state index contributed by atoms with van der Waals surface area (Å²) in [7, 11) is 0. The molecule has 1 fully saturated rings. The number of benzene rings is 2. The zero-order valence-electron chi connectivity index (χ0n) is 17.1. The molecule has 0 unspecified atom stereocenters.